The van der Waals surface area contributed by atoms with E-state index in [1.54, 1.807) is 13.3 Å². The van der Waals surface area contributed by atoms with Crippen LogP contribution in [0.5, 0.6) is 0 Å². The molecule has 1 aromatic heterocycles. The van der Waals surface area contributed by atoms with Crippen molar-refractivity contribution >= 4 is 17.3 Å². The number of amides is 1. The number of nitrogens with one attached hydrogen (secondary N) is 1. The molecule has 0 radical (unpaired) electrons. The molecule has 2 heterocycles. The second kappa shape index (κ2) is 7.24. The maximum atomic E-state index is 12.2. The second-order valence-electron chi connectivity index (χ2n) is 5.56. The maximum Gasteiger partial charge on any atom is 0.253 e. The van der Waals surface area contributed by atoms with Gasteiger partial charge >= 0.3 is 0 Å². The van der Waals surface area contributed by atoms with Gasteiger partial charge in [0, 0.05) is 32.1 Å². The van der Waals surface area contributed by atoms with Gasteiger partial charge in [0.2, 0.25) is 0 Å². The Kier molecular flexibility index (Phi) is 4.88. The van der Waals surface area contributed by atoms with E-state index in [9.17, 15) is 4.79 Å². The normalized spacial score (nSPS) is 13.5. The first kappa shape index (κ1) is 15.5. The summed E-state index contributed by atoms with van der Waals surface area (Å²) in [7, 11) is 1.61. The lowest BCUT2D eigenvalue weighted by atomic mass is 10.0. The topological polar surface area (TPSA) is 54.5 Å². The third kappa shape index (κ3) is 3.51. The fourth-order valence-electron chi connectivity index (χ4n) is 2.87. The fourth-order valence-corrected chi connectivity index (χ4v) is 2.87. The summed E-state index contributed by atoms with van der Waals surface area (Å²) in [6.45, 7) is 1.93. The molecule has 1 amide bonds. The Labute approximate surface area is 136 Å². The molecule has 2 aromatic rings. The average molecular weight is 311 g/mol. The van der Waals surface area contributed by atoms with Crippen molar-refractivity contribution in [2.75, 3.05) is 31.7 Å². The monoisotopic (exact) mass is 311 g/mol. The Balaban J connectivity index is 1.82. The Morgan fingerprint density at radius 2 is 2.22 bits per heavy atom. The van der Waals surface area contributed by atoms with E-state index in [1.807, 2.05) is 18.3 Å². The fraction of sp³-hybridized carbons (Fsp3) is 0.333. The van der Waals surface area contributed by atoms with Crippen LogP contribution in [0, 0.1) is 0 Å². The molecule has 1 aliphatic rings. The second-order valence-corrected chi connectivity index (χ2v) is 5.56. The van der Waals surface area contributed by atoms with Crippen LogP contribution in [0.4, 0.5) is 11.4 Å². The number of carbonyl (C=O) groups excluding carboxylic acids is 1. The summed E-state index contributed by atoms with van der Waals surface area (Å²) in [5.74, 6) is -0.123. The standard InChI is InChI=1S/C18H21N3O2/c1-23-10-8-20-18(22)15-11-16(13-19-12-15)21-9-4-6-14-5-2-3-7-17(14)21/h2-3,5,7,11-13H,4,6,8-10H2,1H3,(H,20,22). The van der Waals surface area contributed by atoms with Crippen LogP contribution < -0.4 is 10.2 Å². The van der Waals surface area contributed by atoms with Gasteiger partial charge in [-0.25, -0.2) is 0 Å². The number of fused-ring (bicyclic) bond motifs is 1. The number of ether oxygens (including phenoxy) is 1. The van der Waals surface area contributed by atoms with Crippen LogP contribution in [0.3, 0.4) is 0 Å². The average Bonchev–Trinajstić information content (AvgIpc) is 2.61. The molecule has 0 saturated heterocycles. The van der Waals surface area contributed by atoms with Crippen molar-refractivity contribution in [3.05, 3.63) is 53.9 Å². The van der Waals surface area contributed by atoms with Gasteiger partial charge in [-0.3, -0.25) is 9.78 Å². The zero-order valence-electron chi connectivity index (χ0n) is 13.3. The zero-order chi connectivity index (χ0) is 16.1. The summed E-state index contributed by atoms with van der Waals surface area (Å²) >= 11 is 0. The Morgan fingerprint density at radius 1 is 1.35 bits per heavy atom. The summed E-state index contributed by atoms with van der Waals surface area (Å²) in [4.78, 5) is 18.7. The molecule has 3 rings (SSSR count). The van der Waals surface area contributed by atoms with E-state index in [4.69, 9.17) is 4.74 Å². The molecule has 0 aliphatic carbocycles. The minimum Gasteiger partial charge on any atom is -0.383 e. The van der Waals surface area contributed by atoms with Gasteiger partial charge in [0.1, 0.15) is 0 Å². The molecule has 0 atom stereocenters. The molecule has 1 N–H and O–H groups in total. The van der Waals surface area contributed by atoms with Crippen molar-refractivity contribution in [1.82, 2.24) is 10.3 Å². The summed E-state index contributed by atoms with van der Waals surface area (Å²) in [5.41, 5.74) is 4.07. The number of anilines is 2. The number of rotatable bonds is 5. The number of nitrogens with zero attached hydrogens (tertiary/aromatic N) is 2. The van der Waals surface area contributed by atoms with E-state index in [-0.39, 0.29) is 5.91 Å². The number of carbonyl (C=O) groups is 1. The molecule has 5 nitrogen and oxygen atoms in total. The van der Waals surface area contributed by atoms with Crippen molar-refractivity contribution in [3.8, 4) is 0 Å². The Hall–Kier alpha value is -2.40. The first-order valence-electron chi connectivity index (χ1n) is 7.87. The lowest BCUT2D eigenvalue weighted by Crippen LogP contribution is -2.28. The first-order valence-corrected chi connectivity index (χ1v) is 7.87. The Morgan fingerprint density at radius 3 is 3.09 bits per heavy atom. The van der Waals surface area contributed by atoms with Crippen molar-refractivity contribution in [1.29, 1.82) is 0 Å². The van der Waals surface area contributed by atoms with E-state index in [1.165, 1.54) is 11.3 Å². The van der Waals surface area contributed by atoms with Crippen LogP contribution in [0.1, 0.15) is 22.3 Å². The van der Waals surface area contributed by atoms with Gasteiger partial charge in [-0.2, -0.15) is 0 Å². The van der Waals surface area contributed by atoms with Crippen LogP contribution in [0.2, 0.25) is 0 Å². The predicted octanol–water partition coefficient (Wildman–Crippen LogP) is 2.54. The molecule has 0 saturated carbocycles. The van der Waals surface area contributed by atoms with Gasteiger partial charge < -0.3 is 15.0 Å². The quantitative estimate of drug-likeness (QED) is 0.862. The van der Waals surface area contributed by atoms with Crippen molar-refractivity contribution in [3.63, 3.8) is 0 Å². The number of aromatic nitrogens is 1. The molecule has 1 aliphatic heterocycles. The summed E-state index contributed by atoms with van der Waals surface area (Å²) < 4.78 is 4.95. The highest BCUT2D eigenvalue weighted by Gasteiger charge is 2.19. The summed E-state index contributed by atoms with van der Waals surface area (Å²) in [6, 6.07) is 10.3. The Bertz CT molecular complexity index is 687. The predicted molar refractivity (Wildman–Crippen MR) is 90.2 cm³/mol. The lowest BCUT2D eigenvalue weighted by Gasteiger charge is -2.31. The molecular formula is C18H21N3O2. The third-order valence-corrected chi connectivity index (χ3v) is 4.00. The minimum absolute atomic E-state index is 0.123. The van der Waals surface area contributed by atoms with Crippen LogP contribution >= 0.6 is 0 Å². The summed E-state index contributed by atoms with van der Waals surface area (Å²) in [6.07, 6.45) is 5.61. The van der Waals surface area contributed by atoms with E-state index in [2.05, 4.69) is 33.4 Å². The molecule has 0 unspecified atom stereocenters. The smallest absolute Gasteiger partial charge is 0.253 e. The first-order chi connectivity index (χ1) is 11.3. The molecule has 1 aromatic carbocycles. The number of aryl methyl sites for hydroxylation is 1. The van der Waals surface area contributed by atoms with Crippen molar-refractivity contribution in [2.45, 2.75) is 12.8 Å². The van der Waals surface area contributed by atoms with Crippen LogP contribution in [-0.4, -0.2) is 37.7 Å². The van der Waals surface area contributed by atoms with E-state index in [0.717, 1.165) is 25.1 Å². The third-order valence-electron chi connectivity index (χ3n) is 4.00. The zero-order valence-corrected chi connectivity index (χ0v) is 13.3. The summed E-state index contributed by atoms with van der Waals surface area (Å²) in [5, 5.41) is 2.83. The van der Waals surface area contributed by atoms with Gasteiger partial charge in [0.25, 0.3) is 5.91 Å². The molecule has 0 fully saturated rings. The van der Waals surface area contributed by atoms with E-state index < -0.39 is 0 Å². The highest BCUT2D eigenvalue weighted by atomic mass is 16.5. The number of hydrogen-bond acceptors (Lipinski definition) is 4. The SMILES string of the molecule is COCCNC(=O)c1cncc(N2CCCc3ccccc32)c1. The van der Waals surface area contributed by atoms with Gasteiger partial charge in [0.15, 0.2) is 0 Å². The number of methoxy groups -OCH3 is 1. The molecular weight excluding hydrogens is 290 g/mol. The molecule has 0 spiro atoms. The van der Waals surface area contributed by atoms with Crippen LogP contribution in [0.25, 0.3) is 0 Å². The van der Waals surface area contributed by atoms with E-state index in [0.29, 0.717) is 18.7 Å². The van der Waals surface area contributed by atoms with Gasteiger partial charge in [-0.15, -0.1) is 0 Å². The highest BCUT2D eigenvalue weighted by molar-refractivity contribution is 5.95. The number of para-hydroxylation sites is 1. The van der Waals surface area contributed by atoms with Crippen molar-refractivity contribution < 1.29 is 9.53 Å². The number of benzene rings is 1. The number of pyridine rings is 1. The molecule has 0 bridgehead atoms. The molecule has 120 valence electrons. The largest absolute Gasteiger partial charge is 0.383 e. The maximum absolute atomic E-state index is 12.2. The van der Waals surface area contributed by atoms with Crippen LogP contribution in [0.15, 0.2) is 42.7 Å². The van der Waals surface area contributed by atoms with E-state index >= 15 is 0 Å². The number of hydrogen-bond donors (Lipinski definition) is 1. The van der Waals surface area contributed by atoms with Crippen molar-refractivity contribution in [2.24, 2.45) is 0 Å². The van der Waals surface area contributed by atoms with Gasteiger partial charge in [0.05, 0.1) is 24.1 Å². The lowest BCUT2D eigenvalue weighted by molar-refractivity contribution is 0.0937. The van der Waals surface area contributed by atoms with Gasteiger partial charge in [-0.05, 0) is 30.5 Å². The minimum atomic E-state index is -0.123. The van der Waals surface area contributed by atoms with Crippen LogP contribution in [-0.2, 0) is 11.2 Å². The van der Waals surface area contributed by atoms with Gasteiger partial charge in [-0.1, -0.05) is 18.2 Å². The highest BCUT2D eigenvalue weighted by Crippen LogP contribution is 2.33. The molecule has 5 heteroatoms. The molecule has 23 heavy (non-hydrogen) atoms.